The lowest BCUT2D eigenvalue weighted by Gasteiger charge is -2.09. The number of alkyl halides is 3. The van der Waals surface area contributed by atoms with Crippen LogP contribution in [0.25, 0.3) is 0 Å². The van der Waals surface area contributed by atoms with Crippen LogP contribution in [0.15, 0.2) is 12.3 Å². The van der Waals surface area contributed by atoms with Crippen molar-refractivity contribution >= 4 is 17.4 Å². The molecule has 2 N–H and O–H groups in total. The molecule has 0 spiro atoms. The Bertz CT molecular complexity index is 519. The summed E-state index contributed by atoms with van der Waals surface area (Å²) in [7, 11) is 0. The average molecular weight is 292 g/mol. The highest BCUT2D eigenvalue weighted by Crippen LogP contribution is 2.21. The van der Waals surface area contributed by atoms with Crippen LogP contribution in [0.4, 0.5) is 24.7 Å². The van der Waals surface area contributed by atoms with Gasteiger partial charge in [0.05, 0.1) is 4.92 Å². The second-order valence-corrected chi connectivity index (χ2v) is 3.67. The number of nitrogens with one attached hydrogen (secondary N) is 2. The number of anilines is 1. The Morgan fingerprint density at radius 1 is 1.50 bits per heavy atom. The van der Waals surface area contributed by atoms with Gasteiger partial charge in [-0.3, -0.25) is 14.9 Å². The van der Waals surface area contributed by atoms with Gasteiger partial charge < -0.3 is 10.6 Å². The topological polar surface area (TPSA) is 97.2 Å². The van der Waals surface area contributed by atoms with Gasteiger partial charge in [-0.15, -0.1) is 0 Å². The molecule has 10 heteroatoms. The van der Waals surface area contributed by atoms with Crippen LogP contribution in [0, 0.1) is 10.1 Å². The maximum absolute atomic E-state index is 12.0. The van der Waals surface area contributed by atoms with Crippen molar-refractivity contribution in [1.29, 1.82) is 0 Å². The number of nitro groups is 1. The predicted octanol–water partition coefficient (Wildman–Crippen LogP) is 1.71. The first-order valence-corrected chi connectivity index (χ1v) is 5.48. The van der Waals surface area contributed by atoms with Crippen molar-refractivity contribution in [2.24, 2.45) is 0 Å². The van der Waals surface area contributed by atoms with Crippen molar-refractivity contribution < 1.29 is 22.9 Å². The zero-order chi connectivity index (χ0) is 15.3. The Balaban J connectivity index is 3.02. The van der Waals surface area contributed by atoms with Crippen LogP contribution in [0.1, 0.15) is 17.3 Å². The van der Waals surface area contributed by atoms with Gasteiger partial charge in [0, 0.05) is 12.6 Å². The zero-order valence-electron chi connectivity index (χ0n) is 10.3. The maximum Gasteiger partial charge on any atom is 0.405 e. The highest BCUT2D eigenvalue weighted by atomic mass is 19.4. The smallest absolute Gasteiger partial charge is 0.370 e. The predicted molar refractivity (Wildman–Crippen MR) is 63.4 cm³/mol. The molecule has 0 aliphatic heterocycles. The fraction of sp³-hybridized carbons (Fsp3) is 0.400. The first kappa shape index (κ1) is 15.7. The van der Waals surface area contributed by atoms with E-state index in [0.717, 1.165) is 12.3 Å². The van der Waals surface area contributed by atoms with Gasteiger partial charge in [0.25, 0.3) is 11.6 Å². The molecule has 0 radical (unpaired) electrons. The number of rotatable bonds is 5. The lowest BCUT2D eigenvalue weighted by molar-refractivity contribution is -0.385. The molecule has 1 heterocycles. The molecule has 1 aromatic rings. The van der Waals surface area contributed by atoms with Gasteiger partial charge in [-0.25, -0.2) is 4.98 Å². The Morgan fingerprint density at radius 3 is 2.65 bits per heavy atom. The SMILES string of the molecule is CCNc1cc(C(=O)NCC(F)(F)F)c([N+](=O)[O-])cn1. The van der Waals surface area contributed by atoms with E-state index < -0.39 is 34.8 Å². The third-order valence-corrected chi connectivity index (χ3v) is 2.13. The quantitative estimate of drug-likeness (QED) is 0.636. The molecule has 0 saturated heterocycles. The normalized spacial score (nSPS) is 11.0. The van der Waals surface area contributed by atoms with E-state index in [1.807, 2.05) is 0 Å². The number of halogens is 3. The Labute approximate surface area is 111 Å². The van der Waals surface area contributed by atoms with Crippen molar-refractivity contribution in [2.45, 2.75) is 13.1 Å². The number of carbonyl (C=O) groups excluding carboxylic acids is 1. The van der Waals surface area contributed by atoms with Gasteiger partial charge in [-0.1, -0.05) is 0 Å². The molecule has 20 heavy (non-hydrogen) atoms. The molecular weight excluding hydrogens is 281 g/mol. The summed E-state index contributed by atoms with van der Waals surface area (Å²) in [5.74, 6) is -1.02. The van der Waals surface area contributed by atoms with Gasteiger partial charge in [-0.05, 0) is 6.92 Å². The maximum atomic E-state index is 12.0. The van der Waals surface area contributed by atoms with Crippen LogP contribution >= 0.6 is 0 Å². The van der Waals surface area contributed by atoms with Crippen molar-refractivity contribution in [2.75, 3.05) is 18.4 Å². The summed E-state index contributed by atoms with van der Waals surface area (Å²) in [4.78, 5) is 25.1. The molecular formula is C10H11F3N4O3. The Hall–Kier alpha value is -2.39. The fourth-order valence-electron chi connectivity index (χ4n) is 1.33. The highest BCUT2D eigenvalue weighted by molar-refractivity contribution is 5.98. The summed E-state index contributed by atoms with van der Waals surface area (Å²) in [6.45, 7) is 0.600. The lowest BCUT2D eigenvalue weighted by Crippen LogP contribution is -2.34. The van der Waals surface area contributed by atoms with Crippen molar-refractivity contribution in [3.8, 4) is 0 Å². The van der Waals surface area contributed by atoms with E-state index in [9.17, 15) is 28.1 Å². The average Bonchev–Trinajstić information content (AvgIpc) is 2.35. The molecule has 1 rings (SSSR count). The van der Waals surface area contributed by atoms with E-state index in [1.165, 1.54) is 0 Å². The molecule has 0 aromatic carbocycles. The molecule has 110 valence electrons. The molecule has 0 fully saturated rings. The number of nitrogens with zero attached hydrogens (tertiary/aromatic N) is 2. The van der Waals surface area contributed by atoms with E-state index in [2.05, 4.69) is 10.3 Å². The molecule has 0 unspecified atom stereocenters. The molecule has 0 saturated carbocycles. The third kappa shape index (κ3) is 4.37. The van der Waals surface area contributed by atoms with Crippen molar-refractivity contribution in [3.63, 3.8) is 0 Å². The van der Waals surface area contributed by atoms with Gasteiger partial charge in [-0.2, -0.15) is 13.2 Å². The largest absolute Gasteiger partial charge is 0.405 e. The number of amides is 1. The molecule has 0 atom stereocenters. The van der Waals surface area contributed by atoms with Gasteiger partial charge in [0.1, 0.15) is 24.1 Å². The number of hydrogen-bond donors (Lipinski definition) is 2. The highest BCUT2D eigenvalue weighted by Gasteiger charge is 2.29. The number of pyridine rings is 1. The minimum Gasteiger partial charge on any atom is -0.370 e. The molecule has 7 nitrogen and oxygen atoms in total. The van der Waals surface area contributed by atoms with Crippen molar-refractivity contribution in [1.82, 2.24) is 10.3 Å². The number of hydrogen-bond acceptors (Lipinski definition) is 5. The number of carbonyl (C=O) groups is 1. The van der Waals surface area contributed by atoms with Gasteiger partial charge in [0.15, 0.2) is 0 Å². The van der Waals surface area contributed by atoms with Crippen LogP contribution in [0.2, 0.25) is 0 Å². The minimum atomic E-state index is -4.60. The summed E-state index contributed by atoms with van der Waals surface area (Å²) < 4.78 is 36.1. The second-order valence-electron chi connectivity index (χ2n) is 3.67. The van der Waals surface area contributed by atoms with Gasteiger partial charge >= 0.3 is 6.18 Å². The summed E-state index contributed by atoms with van der Waals surface area (Å²) >= 11 is 0. The Kier molecular flexibility index (Phi) is 4.83. The first-order valence-electron chi connectivity index (χ1n) is 5.48. The van der Waals surface area contributed by atoms with E-state index in [-0.39, 0.29) is 5.82 Å². The fourth-order valence-corrected chi connectivity index (χ4v) is 1.33. The Morgan fingerprint density at radius 2 is 2.15 bits per heavy atom. The van der Waals surface area contributed by atoms with Crippen LogP contribution in [0.3, 0.4) is 0 Å². The molecule has 0 aliphatic rings. The van der Waals surface area contributed by atoms with E-state index >= 15 is 0 Å². The van der Waals surface area contributed by atoms with E-state index in [1.54, 1.807) is 12.2 Å². The molecule has 0 aliphatic carbocycles. The third-order valence-electron chi connectivity index (χ3n) is 2.13. The van der Waals surface area contributed by atoms with Crippen LogP contribution in [-0.4, -0.2) is 35.1 Å². The summed E-state index contributed by atoms with van der Waals surface area (Å²) in [6.07, 6.45) is -3.78. The summed E-state index contributed by atoms with van der Waals surface area (Å²) in [6, 6.07) is 1.04. The monoisotopic (exact) mass is 292 g/mol. The second kappa shape index (κ2) is 6.17. The standard InChI is InChI=1S/C10H11F3N4O3/c1-2-14-8-3-6(7(4-15-8)17(19)20)9(18)16-5-10(11,12)13/h3-4H,2,5H2,1H3,(H,14,15)(H,16,18). The van der Waals surface area contributed by atoms with Crippen LogP contribution in [0.5, 0.6) is 0 Å². The van der Waals surface area contributed by atoms with Crippen LogP contribution in [-0.2, 0) is 0 Å². The van der Waals surface area contributed by atoms with Crippen molar-refractivity contribution in [3.05, 3.63) is 27.9 Å². The molecule has 1 amide bonds. The molecule has 1 aromatic heterocycles. The van der Waals surface area contributed by atoms with Crippen LogP contribution < -0.4 is 10.6 Å². The number of aromatic nitrogens is 1. The molecule has 0 bridgehead atoms. The minimum absolute atomic E-state index is 0.162. The zero-order valence-corrected chi connectivity index (χ0v) is 10.3. The summed E-state index contributed by atoms with van der Waals surface area (Å²) in [5, 5.41) is 15.0. The summed E-state index contributed by atoms with van der Waals surface area (Å²) in [5.41, 5.74) is -1.14. The first-order chi connectivity index (χ1) is 9.24. The van der Waals surface area contributed by atoms with Gasteiger partial charge in [0.2, 0.25) is 0 Å². The van der Waals surface area contributed by atoms with E-state index in [4.69, 9.17) is 0 Å². The van der Waals surface area contributed by atoms with E-state index in [0.29, 0.717) is 6.54 Å². The lowest BCUT2D eigenvalue weighted by atomic mass is 10.2.